The molecule has 0 radical (unpaired) electrons. The number of rotatable bonds is 8. The lowest BCUT2D eigenvalue weighted by Gasteiger charge is -2.17. The van der Waals surface area contributed by atoms with E-state index >= 15 is 0 Å². The number of hydrogen-bond donors (Lipinski definition) is 2. The summed E-state index contributed by atoms with van der Waals surface area (Å²) in [5.41, 5.74) is 4.48. The third kappa shape index (κ3) is 5.46. The number of benzene rings is 1. The van der Waals surface area contributed by atoms with E-state index in [2.05, 4.69) is 29.6 Å². The molecule has 1 aromatic carbocycles. The standard InChI is InChI=1S/C23H35N5O2/c1-6-24-23(26-15-21-16(2)27-28(4)17(21)3)25-14-18-11-12-20(29-5)13-22(18)30-19-9-7-8-10-19/h11-13,19H,6-10,14-15H2,1-5H3,(H2,24,25,26). The lowest BCUT2D eigenvalue weighted by molar-refractivity contribution is 0.207. The van der Waals surface area contributed by atoms with Gasteiger partial charge < -0.3 is 20.1 Å². The quantitative estimate of drug-likeness (QED) is 0.511. The second-order valence-corrected chi connectivity index (χ2v) is 7.82. The molecule has 0 amide bonds. The molecule has 0 atom stereocenters. The van der Waals surface area contributed by atoms with Gasteiger partial charge in [-0.3, -0.25) is 4.68 Å². The van der Waals surface area contributed by atoms with Crippen LogP contribution < -0.4 is 20.1 Å². The average Bonchev–Trinajstić information content (AvgIpc) is 3.33. The molecule has 7 heteroatoms. The van der Waals surface area contributed by atoms with Crippen molar-refractivity contribution in [3.8, 4) is 11.5 Å². The van der Waals surface area contributed by atoms with Gasteiger partial charge in [-0.1, -0.05) is 0 Å². The molecule has 164 valence electrons. The highest BCUT2D eigenvalue weighted by molar-refractivity contribution is 5.79. The van der Waals surface area contributed by atoms with Gasteiger partial charge >= 0.3 is 0 Å². The van der Waals surface area contributed by atoms with Crippen LogP contribution in [0, 0.1) is 13.8 Å². The van der Waals surface area contributed by atoms with E-state index in [9.17, 15) is 0 Å². The first-order chi connectivity index (χ1) is 14.5. The van der Waals surface area contributed by atoms with Gasteiger partial charge in [-0.15, -0.1) is 0 Å². The van der Waals surface area contributed by atoms with Crippen molar-refractivity contribution in [2.45, 2.75) is 65.6 Å². The van der Waals surface area contributed by atoms with E-state index in [-0.39, 0.29) is 0 Å². The Kier molecular flexibility index (Phi) is 7.60. The molecule has 0 saturated heterocycles. The lowest BCUT2D eigenvalue weighted by Crippen LogP contribution is -2.37. The van der Waals surface area contributed by atoms with Crippen molar-refractivity contribution in [1.29, 1.82) is 0 Å². The number of ether oxygens (including phenoxy) is 2. The van der Waals surface area contributed by atoms with Crippen LogP contribution in [0.1, 0.15) is 55.1 Å². The van der Waals surface area contributed by atoms with Gasteiger partial charge in [0.25, 0.3) is 0 Å². The van der Waals surface area contributed by atoms with Crippen LogP contribution in [-0.4, -0.2) is 35.5 Å². The zero-order valence-corrected chi connectivity index (χ0v) is 18.9. The molecule has 0 unspecified atom stereocenters. The second-order valence-electron chi connectivity index (χ2n) is 7.82. The number of guanidine groups is 1. The van der Waals surface area contributed by atoms with Gasteiger partial charge in [0.2, 0.25) is 0 Å². The number of methoxy groups -OCH3 is 1. The molecule has 1 aliphatic rings. The average molecular weight is 414 g/mol. The molecule has 0 bridgehead atoms. The first-order valence-electron chi connectivity index (χ1n) is 10.9. The molecule has 1 heterocycles. The van der Waals surface area contributed by atoms with Gasteiger partial charge in [0.05, 0.1) is 25.5 Å². The maximum absolute atomic E-state index is 6.30. The minimum absolute atomic E-state index is 0.294. The van der Waals surface area contributed by atoms with Crippen molar-refractivity contribution in [2.75, 3.05) is 13.7 Å². The highest BCUT2D eigenvalue weighted by atomic mass is 16.5. The highest BCUT2D eigenvalue weighted by Gasteiger charge is 2.18. The summed E-state index contributed by atoms with van der Waals surface area (Å²) >= 11 is 0. The number of hydrogen-bond acceptors (Lipinski definition) is 4. The van der Waals surface area contributed by atoms with Gasteiger partial charge in [-0.25, -0.2) is 4.99 Å². The Bertz CT molecular complexity index is 869. The number of aliphatic imine (C=N–C) groups is 1. The molecule has 30 heavy (non-hydrogen) atoms. The summed E-state index contributed by atoms with van der Waals surface area (Å²) in [6, 6.07) is 5.99. The summed E-state index contributed by atoms with van der Waals surface area (Å²) in [5, 5.41) is 11.3. The second kappa shape index (κ2) is 10.4. The van der Waals surface area contributed by atoms with Crippen molar-refractivity contribution in [2.24, 2.45) is 12.0 Å². The molecular formula is C23H35N5O2. The van der Waals surface area contributed by atoms with Crippen LogP contribution in [0.3, 0.4) is 0 Å². The van der Waals surface area contributed by atoms with Crippen molar-refractivity contribution < 1.29 is 9.47 Å². The van der Waals surface area contributed by atoms with Crippen LogP contribution in [0.4, 0.5) is 0 Å². The van der Waals surface area contributed by atoms with Crippen LogP contribution in [0.5, 0.6) is 11.5 Å². The third-order valence-corrected chi connectivity index (χ3v) is 5.71. The van der Waals surface area contributed by atoms with E-state index in [1.807, 2.05) is 36.9 Å². The third-order valence-electron chi connectivity index (χ3n) is 5.71. The first kappa shape index (κ1) is 22.0. The zero-order valence-electron chi connectivity index (χ0n) is 18.9. The molecule has 0 aliphatic heterocycles. The summed E-state index contributed by atoms with van der Waals surface area (Å²) in [4.78, 5) is 4.80. The SMILES string of the molecule is CCNC(=NCc1ccc(OC)cc1OC1CCCC1)NCc1c(C)nn(C)c1C. The largest absolute Gasteiger partial charge is 0.497 e. The lowest BCUT2D eigenvalue weighted by atomic mass is 10.2. The monoisotopic (exact) mass is 413 g/mol. The molecule has 0 spiro atoms. The van der Waals surface area contributed by atoms with Gasteiger partial charge in [0.15, 0.2) is 5.96 Å². The molecule has 2 aromatic rings. The normalized spacial score (nSPS) is 14.8. The van der Waals surface area contributed by atoms with Crippen molar-refractivity contribution >= 4 is 5.96 Å². The summed E-state index contributed by atoms with van der Waals surface area (Å²) in [6.07, 6.45) is 5.01. The van der Waals surface area contributed by atoms with E-state index in [4.69, 9.17) is 14.5 Å². The van der Waals surface area contributed by atoms with Crippen LogP contribution in [0.25, 0.3) is 0 Å². The molecule has 1 aromatic heterocycles. The van der Waals surface area contributed by atoms with E-state index < -0.39 is 0 Å². The van der Waals surface area contributed by atoms with E-state index in [0.29, 0.717) is 19.2 Å². The van der Waals surface area contributed by atoms with Crippen molar-refractivity contribution in [3.05, 3.63) is 40.7 Å². The fourth-order valence-corrected chi connectivity index (χ4v) is 3.84. The summed E-state index contributed by atoms with van der Waals surface area (Å²) < 4.78 is 13.6. The molecule has 1 saturated carbocycles. The van der Waals surface area contributed by atoms with Crippen molar-refractivity contribution in [3.63, 3.8) is 0 Å². The van der Waals surface area contributed by atoms with Crippen LogP contribution >= 0.6 is 0 Å². The smallest absolute Gasteiger partial charge is 0.191 e. The number of aryl methyl sites for hydroxylation is 2. The highest BCUT2D eigenvalue weighted by Crippen LogP contribution is 2.30. The Balaban J connectivity index is 1.73. The summed E-state index contributed by atoms with van der Waals surface area (Å²) in [7, 11) is 3.66. The van der Waals surface area contributed by atoms with Crippen LogP contribution in [0.2, 0.25) is 0 Å². The van der Waals surface area contributed by atoms with Crippen molar-refractivity contribution in [1.82, 2.24) is 20.4 Å². The fraction of sp³-hybridized carbons (Fsp3) is 0.565. The number of aromatic nitrogens is 2. The Labute approximate surface area is 179 Å². The molecule has 3 rings (SSSR count). The molecule has 2 N–H and O–H groups in total. The van der Waals surface area contributed by atoms with Crippen LogP contribution in [0.15, 0.2) is 23.2 Å². The van der Waals surface area contributed by atoms with E-state index in [1.165, 1.54) is 24.1 Å². The Morgan fingerprint density at radius 3 is 2.63 bits per heavy atom. The van der Waals surface area contributed by atoms with Gasteiger partial charge in [-0.2, -0.15) is 5.10 Å². The predicted octanol–water partition coefficient (Wildman–Crippen LogP) is 3.62. The maximum Gasteiger partial charge on any atom is 0.191 e. The van der Waals surface area contributed by atoms with Gasteiger partial charge in [0, 0.05) is 43.0 Å². The number of nitrogens with one attached hydrogen (secondary N) is 2. The molecule has 1 aliphatic carbocycles. The molecule has 1 fully saturated rings. The van der Waals surface area contributed by atoms with Gasteiger partial charge in [-0.05, 0) is 58.6 Å². The predicted molar refractivity (Wildman–Crippen MR) is 120 cm³/mol. The number of nitrogens with zero attached hydrogens (tertiary/aromatic N) is 3. The fourth-order valence-electron chi connectivity index (χ4n) is 3.84. The maximum atomic E-state index is 6.30. The van der Waals surface area contributed by atoms with Gasteiger partial charge in [0.1, 0.15) is 11.5 Å². The topological polar surface area (TPSA) is 72.7 Å². The van der Waals surface area contributed by atoms with Crippen LogP contribution in [-0.2, 0) is 20.1 Å². The summed E-state index contributed by atoms with van der Waals surface area (Å²) in [5.74, 6) is 2.46. The zero-order chi connectivity index (χ0) is 21.5. The van der Waals surface area contributed by atoms with E-state index in [0.717, 1.165) is 48.1 Å². The molecule has 7 nitrogen and oxygen atoms in total. The minimum Gasteiger partial charge on any atom is -0.497 e. The Morgan fingerprint density at radius 2 is 2.00 bits per heavy atom. The minimum atomic E-state index is 0.294. The Morgan fingerprint density at radius 1 is 1.23 bits per heavy atom. The molecular weight excluding hydrogens is 378 g/mol. The first-order valence-corrected chi connectivity index (χ1v) is 10.9. The Hall–Kier alpha value is -2.70. The summed E-state index contributed by atoms with van der Waals surface area (Å²) in [6.45, 7) is 8.21. The van der Waals surface area contributed by atoms with E-state index in [1.54, 1.807) is 7.11 Å².